The molecular weight excluding hydrogens is 128 g/mol. The second-order valence-electron chi connectivity index (χ2n) is 2.50. The van der Waals surface area contributed by atoms with Crippen LogP contribution in [0.1, 0.15) is 19.3 Å². The molecule has 3 heteroatoms. The van der Waals surface area contributed by atoms with Gasteiger partial charge in [0.15, 0.2) is 0 Å². The summed E-state index contributed by atoms with van der Waals surface area (Å²) < 4.78 is 0. The molecule has 1 N–H and O–H groups in total. The maximum absolute atomic E-state index is 10.9. The first-order valence-electron chi connectivity index (χ1n) is 3.53. The highest BCUT2D eigenvalue weighted by Gasteiger charge is 2.01. The highest BCUT2D eigenvalue weighted by atomic mass is 16.2. The van der Waals surface area contributed by atoms with Crippen molar-refractivity contribution in [3.05, 3.63) is 0 Å². The van der Waals surface area contributed by atoms with Gasteiger partial charge in [-0.3, -0.25) is 10.5 Å². The van der Waals surface area contributed by atoms with Gasteiger partial charge in [0.2, 0.25) is 5.91 Å². The van der Waals surface area contributed by atoms with Crippen LogP contribution in [-0.4, -0.2) is 31.4 Å². The van der Waals surface area contributed by atoms with Gasteiger partial charge in [0.05, 0.1) is 0 Å². The van der Waals surface area contributed by atoms with E-state index in [2.05, 4.69) is 0 Å². The number of nitrogens with one attached hydrogen (secondary N) is 1. The van der Waals surface area contributed by atoms with Crippen LogP contribution in [0.25, 0.3) is 0 Å². The molecule has 0 aliphatic carbocycles. The van der Waals surface area contributed by atoms with Crippen LogP contribution in [0.4, 0.5) is 0 Å². The molecule has 3 nitrogen and oxygen atoms in total. The van der Waals surface area contributed by atoms with Crippen molar-refractivity contribution in [2.24, 2.45) is 0 Å². The number of rotatable bonds is 4. The Bertz CT molecular complexity index is 102. The monoisotopic (exact) mass is 143 g/mol. The largest absolute Gasteiger partial charge is 0.349 e. The van der Waals surface area contributed by atoms with Gasteiger partial charge in [-0.1, -0.05) is 0 Å². The summed E-state index contributed by atoms with van der Waals surface area (Å²) in [7, 11) is 3.51. The molecule has 0 aliphatic rings. The average Bonchev–Trinajstić information content (AvgIpc) is 1.88. The van der Waals surface area contributed by atoms with Gasteiger partial charge in [-0.2, -0.15) is 0 Å². The minimum Gasteiger partial charge on any atom is -0.349 e. The molecule has 0 aromatic heterocycles. The second kappa shape index (κ2) is 5.23. The van der Waals surface area contributed by atoms with Crippen molar-refractivity contribution in [1.29, 1.82) is 0 Å². The fourth-order valence-electron chi connectivity index (χ4n) is 0.625. The van der Waals surface area contributed by atoms with E-state index in [1.807, 2.05) is 0 Å². The lowest BCUT2D eigenvalue weighted by atomic mass is 10.2. The third-order valence-corrected chi connectivity index (χ3v) is 1.32. The Kier molecular flexibility index (Phi) is 4.94. The van der Waals surface area contributed by atoms with E-state index in [1.54, 1.807) is 19.0 Å². The molecule has 10 heavy (non-hydrogen) atoms. The average molecular weight is 143 g/mol. The van der Waals surface area contributed by atoms with E-state index in [-0.39, 0.29) is 5.91 Å². The van der Waals surface area contributed by atoms with Crippen LogP contribution in [0.5, 0.6) is 0 Å². The number of amides is 1. The molecule has 1 radical (unpaired) electrons. The minimum atomic E-state index is 0.161. The Labute approximate surface area is 62.2 Å². The van der Waals surface area contributed by atoms with Crippen LogP contribution in [0.15, 0.2) is 0 Å². The number of hydrogen-bond acceptors (Lipinski definition) is 1. The number of unbranched alkanes of at least 4 members (excludes halogenated alkanes) is 1. The van der Waals surface area contributed by atoms with Crippen LogP contribution >= 0.6 is 0 Å². The zero-order valence-corrected chi connectivity index (χ0v) is 6.68. The van der Waals surface area contributed by atoms with Crippen molar-refractivity contribution in [3.8, 4) is 0 Å². The zero-order chi connectivity index (χ0) is 7.98. The van der Waals surface area contributed by atoms with E-state index >= 15 is 0 Å². The van der Waals surface area contributed by atoms with E-state index in [4.69, 9.17) is 5.73 Å². The maximum atomic E-state index is 10.9. The third kappa shape index (κ3) is 4.32. The van der Waals surface area contributed by atoms with Gasteiger partial charge in [0.1, 0.15) is 0 Å². The van der Waals surface area contributed by atoms with Gasteiger partial charge in [-0.05, 0) is 12.8 Å². The normalized spacial score (nSPS) is 9.50. The minimum absolute atomic E-state index is 0.161. The molecule has 0 aromatic rings. The molecular formula is C7H15N2O. The smallest absolute Gasteiger partial charge is 0.222 e. The Morgan fingerprint density at radius 1 is 1.40 bits per heavy atom. The van der Waals surface area contributed by atoms with Crippen molar-refractivity contribution in [2.75, 3.05) is 20.6 Å². The molecule has 0 spiro atoms. The molecule has 0 heterocycles. The number of nitrogens with zero attached hydrogens (tertiary/aromatic N) is 1. The van der Waals surface area contributed by atoms with Crippen molar-refractivity contribution >= 4 is 5.91 Å². The molecule has 1 amide bonds. The first-order valence-corrected chi connectivity index (χ1v) is 3.53. The van der Waals surface area contributed by atoms with Crippen LogP contribution < -0.4 is 5.73 Å². The van der Waals surface area contributed by atoms with Crippen molar-refractivity contribution < 1.29 is 4.79 Å². The van der Waals surface area contributed by atoms with Gasteiger partial charge in [0, 0.05) is 27.1 Å². The fourth-order valence-corrected chi connectivity index (χ4v) is 0.625. The predicted molar refractivity (Wildman–Crippen MR) is 40.5 cm³/mol. The highest BCUT2D eigenvalue weighted by molar-refractivity contribution is 5.75. The topological polar surface area (TPSA) is 44.1 Å². The lowest BCUT2D eigenvalue weighted by Crippen LogP contribution is -2.21. The molecule has 0 saturated carbocycles. The lowest BCUT2D eigenvalue weighted by molar-refractivity contribution is -0.128. The fraction of sp³-hybridized carbons (Fsp3) is 0.857. The molecule has 0 atom stereocenters. The predicted octanol–water partition coefficient (Wildman–Crippen LogP) is 0.528. The maximum Gasteiger partial charge on any atom is 0.222 e. The standard InChI is InChI=1S/C7H15N2O/c1-9(2)7(10)5-3-4-6-8/h8H,3-6H2,1-2H3. The van der Waals surface area contributed by atoms with Crippen molar-refractivity contribution in [1.82, 2.24) is 10.6 Å². The number of carbonyl (C=O) groups is 1. The number of hydrogen-bond donors (Lipinski definition) is 0. The lowest BCUT2D eigenvalue weighted by Gasteiger charge is -2.08. The van der Waals surface area contributed by atoms with Gasteiger partial charge in [-0.15, -0.1) is 0 Å². The van der Waals surface area contributed by atoms with Crippen molar-refractivity contribution in [3.63, 3.8) is 0 Å². The van der Waals surface area contributed by atoms with E-state index < -0.39 is 0 Å². The van der Waals surface area contributed by atoms with Gasteiger partial charge >= 0.3 is 0 Å². The van der Waals surface area contributed by atoms with Crippen LogP contribution in [-0.2, 0) is 4.79 Å². The Balaban J connectivity index is 3.22. The first-order chi connectivity index (χ1) is 4.68. The third-order valence-electron chi connectivity index (χ3n) is 1.32. The zero-order valence-electron chi connectivity index (χ0n) is 6.68. The van der Waals surface area contributed by atoms with E-state index in [0.717, 1.165) is 12.8 Å². The van der Waals surface area contributed by atoms with E-state index in [9.17, 15) is 4.79 Å². The summed E-state index contributed by atoms with van der Waals surface area (Å²) in [5.74, 6) is 0.161. The number of carbonyl (C=O) groups excluding carboxylic acids is 1. The molecule has 0 fully saturated rings. The van der Waals surface area contributed by atoms with Crippen molar-refractivity contribution in [2.45, 2.75) is 19.3 Å². The molecule has 0 aliphatic heterocycles. The SMILES string of the molecule is CN(C)C(=O)CCCC[NH]. The van der Waals surface area contributed by atoms with Gasteiger partial charge in [-0.25, -0.2) is 0 Å². The Morgan fingerprint density at radius 2 is 2.00 bits per heavy atom. The molecule has 0 saturated heterocycles. The molecule has 0 aromatic carbocycles. The second-order valence-corrected chi connectivity index (χ2v) is 2.50. The summed E-state index contributed by atoms with van der Waals surface area (Å²) in [5, 5.41) is 0. The van der Waals surface area contributed by atoms with Crippen LogP contribution in [0.2, 0.25) is 0 Å². The summed E-state index contributed by atoms with van der Waals surface area (Å²) in [6.07, 6.45) is 2.27. The van der Waals surface area contributed by atoms with Crippen LogP contribution in [0.3, 0.4) is 0 Å². The highest BCUT2D eigenvalue weighted by Crippen LogP contribution is 1.96. The van der Waals surface area contributed by atoms with E-state index in [1.165, 1.54) is 0 Å². The van der Waals surface area contributed by atoms with Gasteiger partial charge in [0.25, 0.3) is 0 Å². The van der Waals surface area contributed by atoms with Crippen LogP contribution in [0, 0.1) is 0 Å². The quantitative estimate of drug-likeness (QED) is 0.529. The summed E-state index contributed by atoms with van der Waals surface area (Å²) in [6.45, 7) is 0.431. The van der Waals surface area contributed by atoms with Gasteiger partial charge < -0.3 is 4.90 Å². The molecule has 59 valence electrons. The Morgan fingerprint density at radius 3 is 2.40 bits per heavy atom. The summed E-state index contributed by atoms with van der Waals surface area (Å²) in [6, 6.07) is 0. The molecule has 0 unspecified atom stereocenters. The Hall–Kier alpha value is -0.570. The molecule has 0 rings (SSSR count). The molecule has 0 bridgehead atoms. The summed E-state index contributed by atoms with van der Waals surface area (Å²) in [4.78, 5) is 12.5. The summed E-state index contributed by atoms with van der Waals surface area (Å²) in [5.41, 5.74) is 6.83. The van der Waals surface area contributed by atoms with E-state index in [0.29, 0.717) is 13.0 Å². The summed E-state index contributed by atoms with van der Waals surface area (Å²) >= 11 is 0. The first kappa shape index (κ1) is 9.43.